The number of nitriles is 1. The highest BCUT2D eigenvalue weighted by Gasteiger charge is 2.18. The minimum absolute atomic E-state index is 0.627. The monoisotopic (exact) mass is 280 g/mol. The maximum Gasteiger partial charge on any atom is 0.152 e. The zero-order valence-electron chi connectivity index (χ0n) is 11.2. The molecule has 98 valence electrons. The Morgan fingerprint density at radius 3 is 2.75 bits per heavy atom. The van der Waals surface area contributed by atoms with E-state index in [1.54, 1.807) is 6.07 Å². The molecule has 3 rings (SSSR count). The number of hydrogen-bond donors (Lipinski definition) is 0. The number of carbonyl (C=O) groups excluding carboxylic acids is 1. The fraction of sp³-hybridized carbons (Fsp3) is 0.125. The summed E-state index contributed by atoms with van der Waals surface area (Å²) in [5, 5.41) is 11.4. The normalized spacial score (nSPS) is 10.8. The summed E-state index contributed by atoms with van der Waals surface area (Å²) < 4.78 is 1.99. The quantitative estimate of drug-likeness (QED) is 0.530. The number of benzene rings is 2. The Balaban J connectivity index is 2.69. The number of hydrogen-bond acceptors (Lipinski definition) is 3. The lowest BCUT2D eigenvalue weighted by molar-refractivity contribution is 0.112. The Labute approximate surface area is 120 Å². The molecule has 20 heavy (non-hydrogen) atoms. The van der Waals surface area contributed by atoms with Gasteiger partial charge in [0.2, 0.25) is 0 Å². The van der Waals surface area contributed by atoms with Gasteiger partial charge in [-0.1, -0.05) is 18.2 Å². The Morgan fingerprint density at radius 2 is 2.10 bits per heavy atom. The molecule has 0 spiro atoms. The van der Waals surface area contributed by atoms with Crippen LogP contribution in [0.4, 0.5) is 0 Å². The SMILES string of the molecule is CSc1cc(C=O)c2c(c1C#N)c1ccccc1n2C. The van der Waals surface area contributed by atoms with Crippen LogP contribution in [-0.4, -0.2) is 17.1 Å². The van der Waals surface area contributed by atoms with Crippen LogP contribution in [0.15, 0.2) is 35.2 Å². The van der Waals surface area contributed by atoms with Gasteiger partial charge in [-0.15, -0.1) is 11.8 Å². The average molecular weight is 280 g/mol. The van der Waals surface area contributed by atoms with Gasteiger partial charge in [0.05, 0.1) is 11.1 Å². The van der Waals surface area contributed by atoms with E-state index in [1.807, 2.05) is 42.1 Å². The van der Waals surface area contributed by atoms with Gasteiger partial charge >= 0.3 is 0 Å². The molecule has 0 amide bonds. The van der Waals surface area contributed by atoms with E-state index in [4.69, 9.17) is 0 Å². The molecule has 0 radical (unpaired) electrons. The summed E-state index contributed by atoms with van der Waals surface area (Å²) in [6.45, 7) is 0. The summed E-state index contributed by atoms with van der Waals surface area (Å²) in [4.78, 5) is 12.3. The summed E-state index contributed by atoms with van der Waals surface area (Å²) in [5.41, 5.74) is 3.13. The average Bonchev–Trinajstić information content (AvgIpc) is 2.80. The minimum atomic E-state index is 0.627. The van der Waals surface area contributed by atoms with E-state index >= 15 is 0 Å². The highest BCUT2D eigenvalue weighted by molar-refractivity contribution is 7.98. The molecule has 0 N–H and O–H groups in total. The lowest BCUT2D eigenvalue weighted by atomic mass is 10.0. The second-order valence-electron chi connectivity index (χ2n) is 4.57. The van der Waals surface area contributed by atoms with E-state index in [9.17, 15) is 10.1 Å². The topological polar surface area (TPSA) is 45.8 Å². The van der Waals surface area contributed by atoms with Crippen LogP contribution in [0.3, 0.4) is 0 Å². The van der Waals surface area contributed by atoms with Crippen molar-refractivity contribution in [3.63, 3.8) is 0 Å². The third kappa shape index (κ3) is 1.57. The second kappa shape index (κ2) is 4.69. The molecule has 0 saturated carbocycles. The predicted octanol–water partition coefficient (Wildman–Crippen LogP) is 3.74. The molecule has 0 aliphatic rings. The standard InChI is InChI=1S/C16H12N2OS/c1-18-13-6-4-3-5-11(13)15-12(8-17)14(20-2)7-10(9-19)16(15)18/h3-7,9H,1-2H3. The number of rotatable bonds is 2. The summed E-state index contributed by atoms with van der Waals surface area (Å²) in [6, 6.07) is 12.0. The van der Waals surface area contributed by atoms with E-state index in [2.05, 4.69) is 6.07 Å². The fourth-order valence-corrected chi connectivity index (χ4v) is 3.35. The van der Waals surface area contributed by atoms with Crippen LogP contribution >= 0.6 is 11.8 Å². The van der Waals surface area contributed by atoms with Crippen molar-refractivity contribution in [2.45, 2.75) is 4.90 Å². The number of carbonyl (C=O) groups is 1. The van der Waals surface area contributed by atoms with Gasteiger partial charge in [-0.05, 0) is 18.4 Å². The van der Waals surface area contributed by atoms with Crippen LogP contribution in [0.2, 0.25) is 0 Å². The van der Waals surface area contributed by atoms with Gasteiger partial charge in [0.25, 0.3) is 0 Å². The molecule has 3 aromatic rings. The number of nitrogens with zero attached hydrogens (tertiary/aromatic N) is 2. The van der Waals surface area contributed by atoms with Crippen LogP contribution in [0.25, 0.3) is 21.8 Å². The lowest BCUT2D eigenvalue weighted by Gasteiger charge is -2.06. The van der Waals surface area contributed by atoms with Crippen molar-refractivity contribution in [2.24, 2.45) is 7.05 Å². The zero-order chi connectivity index (χ0) is 14.3. The lowest BCUT2D eigenvalue weighted by Crippen LogP contribution is -1.94. The summed E-state index contributed by atoms with van der Waals surface area (Å²) in [6.07, 6.45) is 2.78. The first-order valence-electron chi connectivity index (χ1n) is 6.16. The summed E-state index contributed by atoms with van der Waals surface area (Å²) in [5.74, 6) is 0. The number of fused-ring (bicyclic) bond motifs is 3. The van der Waals surface area contributed by atoms with Crippen LogP contribution in [0.5, 0.6) is 0 Å². The first-order chi connectivity index (χ1) is 9.72. The van der Waals surface area contributed by atoms with E-state index in [0.717, 1.165) is 33.0 Å². The Bertz CT molecular complexity index is 887. The van der Waals surface area contributed by atoms with Crippen molar-refractivity contribution < 1.29 is 4.79 Å². The van der Waals surface area contributed by atoms with Gasteiger partial charge in [-0.25, -0.2) is 0 Å². The maximum atomic E-state index is 11.4. The highest BCUT2D eigenvalue weighted by atomic mass is 32.2. The molecule has 3 nitrogen and oxygen atoms in total. The molecular formula is C16H12N2OS. The van der Waals surface area contributed by atoms with Gasteiger partial charge in [0.15, 0.2) is 6.29 Å². The van der Waals surface area contributed by atoms with Crippen molar-refractivity contribution >= 4 is 39.9 Å². The van der Waals surface area contributed by atoms with Crippen molar-refractivity contribution in [1.29, 1.82) is 5.26 Å². The van der Waals surface area contributed by atoms with Crippen molar-refractivity contribution in [1.82, 2.24) is 4.57 Å². The predicted molar refractivity (Wildman–Crippen MR) is 82.3 cm³/mol. The van der Waals surface area contributed by atoms with Crippen molar-refractivity contribution in [2.75, 3.05) is 6.26 Å². The van der Waals surface area contributed by atoms with Crippen molar-refractivity contribution in [3.05, 3.63) is 41.5 Å². The molecule has 0 atom stereocenters. The highest BCUT2D eigenvalue weighted by Crippen LogP contribution is 2.36. The molecular weight excluding hydrogens is 268 g/mol. The first-order valence-corrected chi connectivity index (χ1v) is 7.38. The van der Waals surface area contributed by atoms with Gasteiger partial charge in [-0.2, -0.15) is 5.26 Å². The largest absolute Gasteiger partial charge is 0.343 e. The molecule has 4 heteroatoms. The number of aldehydes is 1. The zero-order valence-corrected chi connectivity index (χ0v) is 12.0. The Morgan fingerprint density at radius 1 is 1.35 bits per heavy atom. The summed E-state index contributed by atoms with van der Waals surface area (Å²) in [7, 11) is 1.93. The minimum Gasteiger partial charge on any atom is -0.343 e. The van der Waals surface area contributed by atoms with Crippen LogP contribution in [0, 0.1) is 11.3 Å². The van der Waals surface area contributed by atoms with Crippen molar-refractivity contribution in [3.8, 4) is 6.07 Å². The smallest absolute Gasteiger partial charge is 0.152 e. The molecule has 0 bridgehead atoms. The molecule has 0 aliphatic carbocycles. The second-order valence-corrected chi connectivity index (χ2v) is 5.42. The third-order valence-corrected chi connectivity index (χ3v) is 4.38. The van der Waals surface area contributed by atoms with Gasteiger partial charge in [0, 0.05) is 33.8 Å². The molecule has 0 unspecified atom stereocenters. The molecule has 1 heterocycles. The van der Waals surface area contributed by atoms with E-state index < -0.39 is 0 Å². The van der Waals surface area contributed by atoms with E-state index in [0.29, 0.717) is 11.1 Å². The number of aryl methyl sites for hydroxylation is 1. The van der Waals surface area contributed by atoms with Crippen LogP contribution < -0.4 is 0 Å². The third-order valence-electron chi connectivity index (χ3n) is 3.62. The van der Waals surface area contributed by atoms with Gasteiger partial charge < -0.3 is 4.57 Å². The Kier molecular flexibility index (Phi) is 3.00. The number of para-hydroxylation sites is 1. The van der Waals surface area contributed by atoms with Gasteiger partial charge in [0.1, 0.15) is 6.07 Å². The molecule has 1 aromatic heterocycles. The van der Waals surface area contributed by atoms with Crippen LogP contribution in [0.1, 0.15) is 15.9 Å². The first kappa shape index (κ1) is 12.8. The fourth-order valence-electron chi connectivity index (χ4n) is 2.75. The molecule has 0 saturated heterocycles. The van der Waals surface area contributed by atoms with Crippen LogP contribution in [-0.2, 0) is 7.05 Å². The summed E-state index contributed by atoms with van der Waals surface area (Å²) >= 11 is 1.49. The number of aromatic nitrogens is 1. The van der Waals surface area contributed by atoms with Gasteiger partial charge in [-0.3, -0.25) is 4.79 Å². The molecule has 0 fully saturated rings. The Hall–Kier alpha value is -2.25. The molecule has 0 aliphatic heterocycles. The maximum absolute atomic E-state index is 11.4. The van der Waals surface area contributed by atoms with E-state index in [-0.39, 0.29) is 0 Å². The molecule has 2 aromatic carbocycles. The number of thioether (sulfide) groups is 1. The van der Waals surface area contributed by atoms with E-state index in [1.165, 1.54) is 11.8 Å².